The first-order valence-electron chi connectivity index (χ1n) is 13.1. The van der Waals surface area contributed by atoms with Gasteiger partial charge in [-0.05, 0) is 53.4 Å². The van der Waals surface area contributed by atoms with Gasteiger partial charge in [-0.2, -0.15) is 0 Å². The van der Waals surface area contributed by atoms with Crippen molar-refractivity contribution in [3.63, 3.8) is 0 Å². The van der Waals surface area contributed by atoms with E-state index in [1.54, 1.807) is 16.7 Å². The summed E-state index contributed by atoms with van der Waals surface area (Å²) in [5.41, 5.74) is 4.97. The molecule has 0 aliphatic carbocycles. The van der Waals surface area contributed by atoms with E-state index in [9.17, 15) is 9.59 Å². The first kappa shape index (κ1) is 26.6. The van der Waals surface area contributed by atoms with Crippen molar-refractivity contribution in [1.29, 1.82) is 0 Å². The first-order chi connectivity index (χ1) is 19.5. The molecule has 1 atom stereocenters. The lowest BCUT2D eigenvalue weighted by Gasteiger charge is -2.32. The highest BCUT2D eigenvalue weighted by molar-refractivity contribution is 5.89. The highest BCUT2D eigenvalue weighted by Crippen LogP contribution is 2.28. The number of hydrogen-bond acceptors (Lipinski definition) is 5. The van der Waals surface area contributed by atoms with Gasteiger partial charge in [0.15, 0.2) is 0 Å². The quantitative estimate of drug-likeness (QED) is 0.278. The average molecular weight is 534 g/mol. The van der Waals surface area contributed by atoms with E-state index >= 15 is 0 Å². The van der Waals surface area contributed by atoms with Crippen molar-refractivity contribution in [2.75, 3.05) is 7.11 Å². The van der Waals surface area contributed by atoms with Gasteiger partial charge in [0, 0.05) is 13.1 Å². The van der Waals surface area contributed by atoms with E-state index in [1.165, 1.54) is 0 Å². The summed E-state index contributed by atoms with van der Waals surface area (Å²) in [6.45, 7) is 2.45. The lowest BCUT2D eigenvalue weighted by atomic mass is 9.98. The van der Waals surface area contributed by atoms with Crippen LogP contribution < -0.4 is 10.1 Å². The largest absolute Gasteiger partial charge is 0.497 e. The molecule has 0 radical (unpaired) electrons. The number of carbonyl (C=O) groups excluding carboxylic acids is 2. The van der Waals surface area contributed by atoms with Crippen molar-refractivity contribution < 1.29 is 14.3 Å². The molecule has 5 rings (SSSR count). The van der Waals surface area contributed by atoms with Crippen molar-refractivity contribution in [3.05, 3.63) is 125 Å². The third kappa shape index (κ3) is 6.02. The van der Waals surface area contributed by atoms with Crippen LogP contribution in [0.1, 0.15) is 28.3 Å². The van der Waals surface area contributed by atoms with Gasteiger partial charge < -0.3 is 15.0 Å². The number of rotatable bonds is 10. The summed E-state index contributed by atoms with van der Waals surface area (Å²) in [6.07, 6.45) is 0. The summed E-state index contributed by atoms with van der Waals surface area (Å²) in [6, 6.07) is 31.5. The number of carbonyl (C=O) groups is 2. The maximum Gasteiger partial charge on any atom is 0.247 e. The second-order valence-corrected chi connectivity index (χ2v) is 9.57. The van der Waals surface area contributed by atoms with Crippen molar-refractivity contribution in [2.45, 2.75) is 32.6 Å². The van der Waals surface area contributed by atoms with Crippen LogP contribution in [0, 0.1) is 6.92 Å². The van der Waals surface area contributed by atoms with Crippen molar-refractivity contribution in [1.82, 2.24) is 25.2 Å². The van der Waals surface area contributed by atoms with Crippen LogP contribution in [0.2, 0.25) is 0 Å². The van der Waals surface area contributed by atoms with Crippen LogP contribution >= 0.6 is 0 Å². The van der Waals surface area contributed by atoms with Crippen LogP contribution in [0.4, 0.5) is 0 Å². The number of para-hydroxylation sites is 1. The predicted molar refractivity (Wildman–Crippen MR) is 153 cm³/mol. The van der Waals surface area contributed by atoms with E-state index in [1.807, 2.05) is 110 Å². The molecule has 0 aliphatic rings. The maximum absolute atomic E-state index is 14.1. The molecule has 0 fully saturated rings. The Balaban J connectivity index is 1.52. The molecule has 0 unspecified atom stereocenters. The van der Waals surface area contributed by atoms with E-state index in [4.69, 9.17) is 4.74 Å². The predicted octanol–water partition coefficient (Wildman–Crippen LogP) is 4.83. The van der Waals surface area contributed by atoms with Gasteiger partial charge in [0.25, 0.3) is 0 Å². The van der Waals surface area contributed by atoms with Crippen LogP contribution in [-0.4, -0.2) is 38.8 Å². The Morgan fingerprint density at radius 1 is 0.875 bits per heavy atom. The molecule has 1 N–H and O–H groups in total. The van der Waals surface area contributed by atoms with Crippen LogP contribution in [-0.2, 0) is 29.2 Å². The van der Waals surface area contributed by atoms with Crippen molar-refractivity contribution in [2.24, 2.45) is 0 Å². The fourth-order valence-electron chi connectivity index (χ4n) is 4.73. The fourth-order valence-corrected chi connectivity index (χ4v) is 4.73. The Kier molecular flexibility index (Phi) is 8.15. The minimum absolute atomic E-state index is 0.0645. The van der Waals surface area contributed by atoms with E-state index in [0.29, 0.717) is 17.8 Å². The number of fused-ring (bicyclic) bond motifs is 1. The molecular weight excluding hydrogens is 502 g/mol. The second-order valence-electron chi connectivity index (χ2n) is 9.57. The van der Waals surface area contributed by atoms with Gasteiger partial charge in [-0.3, -0.25) is 9.59 Å². The highest BCUT2D eigenvalue weighted by Gasteiger charge is 2.33. The standard InChI is InChI=1S/C32H31N5O3/c1-23-10-6-7-13-27(23)31(32(39)33-20-24-11-4-3-5-12-24)36(21-25-16-18-26(40-2)19-17-25)30(38)22-37-29-15-9-8-14-28(29)34-35-37/h3-19,31H,20-22H2,1-2H3,(H,33,39)/t31-/m0/s1. The molecule has 202 valence electrons. The normalized spacial score (nSPS) is 11.7. The zero-order valence-electron chi connectivity index (χ0n) is 22.5. The molecule has 0 bridgehead atoms. The SMILES string of the molecule is COc1ccc(CN(C(=O)Cn2nnc3ccccc32)[C@H](C(=O)NCc2ccccc2)c2ccccc2C)cc1. The summed E-state index contributed by atoms with van der Waals surface area (Å²) < 4.78 is 6.89. The molecule has 0 aliphatic heterocycles. The Labute approximate surface area is 233 Å². The molecule has 0 saturated heterocycles. The second kappa shape index (κ2) is 12.3. The smallest absolute Gasteiger partial charge is 0.247 e. The summed E-state index contributed by atoms with van der Waals surface area (Å²) in [5, 5.41) is 11.5. The topological polar surface area (TPSA) is 89.3 Å². The average Bonchev–Trinajstić information content (AvgIpc) is 3.40. The lowest BCUT2D eigenvalue weighted by Crippen LogP contribution is -2.44. The van der Waals surface area contributed by atoms with Crippen LogP contribution in [0.3, 0.4) is 0 Å². The third-order valence-corrected chi connectivity index (χ3v) is 6.89. The van der Waals surface area contributed by atoms with Crippen LogP contribution in [0.5, 0.6) is 5.75 Å². The van der Waals surface area contributed by atoms with Gasteiger partial charge in [0.05, 0.1) is 12.6 Å². The van der Waals surface area contributed by atoms with Crippen molar-refractivity contribution >= 4 is 22.8 Å². The number of benzene rings is 4. The van der Waals surface area contributed by atoms with Gasteiger partial charge in [-0.25, -0.2) is 4.68 Å². The number of methoxy groups -OCH3 is 1. The van der Waals surface area contributed by atoms with E-state index in [2.05, 4.69) is 15.6 Å². The molecule has 8 nitrogen and oxygen atoms in total. The molecule has 4 aromatic carbocycles. The number of ether oxygens (including phenoxy) is 1. The summed E-state index contributed by atoms with van der Waals surface area (Å²) >= 11 is 0. The maximum atomic E-state index is 14.1. The minimum atomic E-state index is -0.866. The highest BCUT2D eigenvalue weighted by atomic mass is 16.5. The number of nitrogens with zero attached hydrogens (tertiary/aromatic N) is 4. The third-order valence-electron chi connectivity index (χ3n) is 6.89. The summed E-state index contributed by atoms with van der Waals surface area (Å²) in [4.78, 5) is 29.7. The molecule has 1 heterocycles. The molecule has 40 heavy (non-hydrogen) atoms. The molecule has 1 aromatic heterocycles. The van der Waals surface area contributed by atoms with E-state index in [-0.39, 0.29) is 24.9 Å². The van der Waals surface area contributed by atoms with Gasteiger partial charge in [0.2, 0.25) is 11.8 Å². The number of nitrogens with one attached hydrogen (secondary N) is 1. The summed E-state index contributed by atoms with van der Waals surface area (Å²) in [7, 11) is 1.61. The lowest BCUT2D eigenvalue weighted by molar-refractivity contribution is -0.142. The summed E-state index contributed by atoms with van der Waals surface area (Å²) in [5.74, 6) is 0.199. The molecular formula is C32H31N5O3. The molecule has 8 heteroatoms. The molecule has 2 amide bonds. The van der Waals surface area contributed by atoms with E-state index < -0.39 is 6.04 Å². The number of hydrogen-bond donors (Lipinski definition) is 1. The van der Waals surface area contributed by atoms with E-state index in [0.717, 1.165) is 27.8 Å². The zero-order valence-corrected chi connectivity index (χ0v) is 22.5. The Morgan fingerprint density at radius 2 is 1.57 bits per heavy atom. The Bertz CT molecular complexity index is 1600. The van der Waals surface area contributed by atoms with Crippen LogP contribution in [0.15, 0.2) is 103 Å². The number of amides is 2. The van der Waals surface area contributed by atoms with Gasteiger partial charge in [0.1, 0.15) is 23.9 Å². The van der Waals surface area contributed by atoms with Crippen molar-refractivity contribution in [3.8, 4) is 5.75 Å². The molecule has 0 spiro atoms. The van der Waals surface area contributed by atoms with Crippen LogP contribution in [0.25, 0.3) is 11.0 Å². The number of aromatic nitrogens is 3. The van der Waals surface area contributed by atoms with Gasteiger partial charge >= 0.3 is 0 Å². The fraction of sp³-hybridized carbons (Fsp3) is 0.188. The minimum Gasteiger partial charge on any atom is -0.497 e. The zero-order chi connectivity index (χ0) is 27.9. The Hall–Kier alpha value is -4.98. The molecule has 0 saturated carbocycles. The Morgan fingerprint density at radius 3 is 2.33 bits per heavy atom. The van der Waals surface area contributed by atoms with Gasteiger partial charge in [-0.1, -0.05) is 84.1 Å². The monoisotopic (exact) mass is 533 g/mol. The van der Waals surface area contributed by atoms with Gasteiger partial charge in [-0.15, -0.1) is 5.10 Å². The first-order valence-corrected chi connectivity index (χ1v) is 13.1. The molecule has 5 aromatic rings. The number of aryl methyl sites for hydroxylation is 1.